The van der Waals surface area contributed by atoms with Crippen LogP contribution in [0, 0.1) is 11.3 Å². The Hall–Kier alpha value is -1.08. The van der Waals surface area contributed by atoms with E-state index < -0.39 is 0 Å². The zero-order chi connectivity index (χ0) is 10.8. The lowest BCUT2D eigenvalue weighted by molar-refractivity contribution is -0.145. The van der Waals surface area contributed by atoms with E-state index in [-0.39, 0.29) is 12.0 Å². The first-order valence-electron chi connectivity index (χ1n) is 4.99. The summed E-state index contributed by atoms with van der Waals surface area (Å²) in [5, 5.41) is 11.3. The summed E-state index contributed by atoms with van der Waals surface area (Å²) in [5.41, 5.74) is 0. The Morgan fingerprint density at radius 2 is 2.29 bits per heavy atom. The van der Waals surface area contributed by atoms with Gasteiger partial charge in [0, 0.05) is 6.42 Å². The number of carbonyl (C=O) groups is 1. The molecule has 1 N–H and O–H groups in total. The summed E-state index contributed by atoms with van der Waals surface area (Å²) in [7, 11) is 0. The van der Waals surface area contributed by atoms with Crippen LogP contribution >= 0.6 is 0 Å². The van der Waals surface area contributed by atoms with Crippen molar-refractivity contribution in [2.75, 3.05) is 13.2 Å². The minimum atomic E-state index is -0.253. The van der Waals surface area contributed by atoms with Gasteiger partial charge in [-0.15, -0.1) is 0 Å². The maximum atomic E-state index is 11.1. The fraction of sp³-hybridized carbons (Fsp3) is 0.800. The molecule has 1 unspecified atom stereocenters. The third-order valence-electron chi connectivity index (χ3n) is 1.81. The van der Waals surface area contributed by atoms with Gasteiger partial charge < -0.3 is 10.1 Å². The van der Waals surface area contributed by atoms with Crippen molar-refractivity contribution in [2.45, 2.75) is 39.2 Å². The molecule has 1 atom stereocenters. The molecule has 0 aromatic rings. The fourth-order valence-corrected chi connectivity index (χ4v) is 0.998. The van der Waals surface area contributed by atoms with Gasteiger partial charge in [-0.1, -0.05) is 0 Å². The lowest BCUT2D eigenvalue weighted by Crippen LogP contribution is -2.35. The standard InChI is InChI=1S/C10H18N2O2/c1-3-14-10(13)9(2)12-8-6-4-5-7-11/h9,12H,3-6,8H2,1-2H3. The molecule has 0 radical (unpaired) electrons. The molecule has 0 saturated heterocycles. The molecule has 0 rings (SSSR count). The monoisotopic (exact) mass is 198 g/mol. The first-order valence-corrected chi connectivity index (χ1v) is 4.99. The summed E-state index contributed by atoms with van der Waals surface area (Å²) < 4.78 is 4.83. The van der Waals surface area contributed by atoms with Crippen LogP contribution in [0.2, 0.25) is 0 Å². The van der Waals surface area contributed by atoms with E-state index in [1.165, 1.54) is 0 Å². The summed E-state index contributed by atoms with van der Waals surface area (Å²) in [4.78, 5) is 11.1. The number of nitrogens with one attached hydrogen (secondary N) is 1. The normalized spacial score (nSPS) is 11.8. The van der Waals surface area contributed by atoms with Gasteiger partial charge in [0.2, 0.25) is 0 Å². The lowest BCUT2D eigenvalue weighted by atomic mass is 10.2. The van der Waals surface area contributed by atoms with Crippen molar-refractivity contribution in [1.29, 1.82) is 5.26 Å². The Bertz CT molecular complexity index is 199. The first-order chi connectivity index (χ1) is 6.72. The van der Waals surface area contributed by atoms with Gasteiger partial charge in [0.1, 0.15) is 6.04 Å². The molecule has 0 fully saturated rings. The third-order valence-corrected chi connectivity index (χ3v) is 1.81. The highest BCUT2D eigenvalue weighted by molar-refractivity contribution is 5.75. The summed E-state index contributed by atoms with van der Waals surface area (Å²) >= 11 is 0. The SMILES string of the molecule is CCOC(=O)C(C)NCCCCC#N. The van der Waals surface area contributed by atoms with Crippen LogP contribution in [-0.4, -0.2) is 25.2 Å². The molecule has 0 spiro atoms. The highest BCUT2D eigenvalue weighted by atomic mass is 16.5. The molecule has 4 heteroatoms. The van der Waals surface area contributed by atoms with Crippen molar-refractivity contribution in [3.8, 4) is 6.07 Å². The highest BCUT2D eigenvalue weighted by Gasteiger charge is 2.11. The van der Waals surface area contributed by atoms with E-state index in [4.69, 9.17) is 10.00 Å². The van der Waals surface area contributed by atoms with Crippen LogP contribution in [0.4, 0.5) is 0 Å². The molecule has 0 aliphatic carbocycles. The van der Waals surface area contributed by atoms with E-state index in [9.17, 15) is 4.79 Å². The van der Waals surface area contributed by atoms with E-state index >= 15 is 0 Å². The molecule has 0 bridgehead atoms. The van der Waals surface area contributed by atoms with Crippen LogP contribution in [-0.2, 0) is 9.53 Å². The number of rotatable bonds is 7. The minimum Gasteiger partial charge on any atom is -0.465 e. The number of nitriles is 1. The van der Waals surface area contributed by atoms with Crippen LogP contribution in [0.5, 0.6) is 0 Å². The van der Waals surface area contributed by atoms with Crippen LogP contribution in [0.25, 0.3) is 0 Å². The molecule has 0 saturated carbocycles. The maximum absolute atomic E-state index is 11.1. The van der Waals surface area contributed by atoms with Crippen LogP contribution in [0.3, 0.4) is 0 Å². The quantitative estimate of drug-likeness (QED) is 0.493. The zero-order valence-electron chi connectivity index (χ0n) is 8.88. The number of ether oxygens (including phenoxy) is 1. The van der Waals surface area contributed by atoms with Gasteiger partial charge in [0.25, 0.3) is 0 Å². The van der Waals surface area contributed by atoms with Crippen LogP contribution in [0.15, 0.2) is 0 Å². The number of unbranched alkanes of at least 4 members (excludes halogenated alkanes) is 2. The molecule has 0 aromatic heterocycles. The molecule has 0 aliphatic heterocycles. The van der Waals surface area contributed by atoms with Gasteiger partial charge in [-0.3, -0.25) is 4.79 Å². The van der Waals surface area contributed by atoms with E-state index in [0.717, 1.165) is 19.4 Å². The molecule has 4 nitrogen and oxygen atoms in total. The van der Waals surface area contributed by atoms with Crippen LogP contribution < -0.4 is 5.32 Å². The molecular formula is C10H18N2O2. The van der Waals surface area contributed by atoms with Crippen molar-refractivity contribution >= 4 is 5.97 Å². The van der Waals surface area contributed by atoms with Gasteiger partial charge in [0.15, 0.2) is 0 Å². The van der Waals surface area contributed by atoms with E-state index in [1.54, 1.807) is 13.8 Å². The molecule has 0 heterocycles. The Morgan fingerprint density at radius 3 is 2.86 bits per heavy atom. The second-order valence-corrected chi connectivity index (χ2v) is 3.04. The summed E-state index contributed by atoms with van der Waals surface area (Å²) in [6, 6.07) is 1.83. The van der Waals surface area contributed by atoms with Crippen molar-refractivity contribution < 1.29 is 9.53 Å². The Labute approximate surface area is 85.2 Å². The second kappa shape index (κ2) is 8.52. The number of hydrogen-bond donors (Lipinski definition) is 1. The van der Waals surface area contributed by atoms with Crippen molar-refractivity contribution in [3.63, 3.8) is 0 Å². The van der Waals surface area contributed by atoms with Gasteiger partial charge in [-0.05, 0) is 33.2 Å². The molecule has 0 amide bonds. The van der Waals surface area contributed by atoms with E-state index in [0.29, 0.717) is 13.0 Å². The highest BCUT2D eigenvalue weighted by Crippen LogP contribution is 1.93. The topological polar surface area (TPSA) is 62.1 Å². The van der Waals surface area contributed by atoms with Gasteiger partial charge in [0.05, 0.1) is 12.7 Å². The summed E-state index contributed by atoms with van der Waals surface area (Å²) in [5.74, 6) is -0.215. The molecule has 14 heavy (non-hydrogen) atoms. The number of hydrogen-bond acceptors (Lipinski definition) is 4. The summed E-state index contributed by atoms with van der Waals surface area (Å²) in [6.45, 7) is 4.74. The molecule has 0 aromatic carbocycles. The van der Waals surface area contributed by atoms with Gasteiger partial charge >= 0.3 is 5.97 Å². The fourth-order valence-electron chi connectivity index (χ4n) is 0.998. The average molecular weight is 198 g/mol. The Morgan fingerprint density at radius 1 is 1.57 bits per heavy atom. The lowest BCUT2D eigenvalue weighted by Gasteiger charge is -2.11. The number of nitrogens with zero attached hydrogens (tertiary/aromatic N) is 1. The predicted octanol–water partition coefficient (Wildman–Crippen LogP) is 1.22. The maximum Gasteiger partial charge on any atom is 0.322 e. The van der Waals surface area contributed by atoms with E-state index in [2.05, 4.69) is 11.4 Å². The van der Waals surface area contributed by atoms with Crippen LogP contribution in [0.1, 0.15) is 33.1 Å². The molecule has 80 valence electrons. The smallest absolute Gasteiger partial charge is 0.322 e. The number of carbonyl (C=O) groups excluding carboxylic acids is 1. The molecular weight excluding hydrogens is 180 g/mol. The van der Waals surface area contributed by atoms with Gasteiger partial charge in [-0.25, -0.2) is 0 Å². The zero-order valence-corrected chi connectivity index (χ0v) is 8.88. The predicted molar refractivity (Wildman–Crippen MR) is 53.6 cm³/mol. The first kappa shape index (κ1) is 12.9. The molecule has 0 aliphatic rings. The van der Waals surface area contributed by atoms with E-state index in [1.807, 2.05) is 0 Å². The largest absolute Gasteiger partial charge is 0.465 e. The summed E-state index contributed by atoms with van der Waals surface area (Å²) in [6.07, 6.45) is 2.37. The third kappa shape index (κ3) is 6.44. The second-order valence-electron chi connectivity index (χ2n) is 3.04. The Balaban J connectivity index is 3.39. The van der Waals surface area contributed by atoms with Crippen molar-refractivity contribution in [2.24, 2.45) is 0 Å². The minimum absolute atomic E-state index is 0.215. The number of esters is 1. The van der Waals surface area contributed by atoms with Crippen molar-refractivity contribution in [3.05, 3.63) is 0 Å². The Kier molecular flexibility index (Phi) is 7.86. The van der Waals surface area contributed by atoms with Crippen molar-refractivity contribution in [1.82, 2.24) is 5.32 Å². The average Bonchev–Trinajstić information content (AvgIpc) is 2.17. The van der Waals surface area contributed by atoms with Gasteiger partial charge in [-0.2, -0.15) is 5.26 Å².